The largest absolute Gasteiger partial charge is 0.465 e. The first-order chi connectivity index (χ1) is 16.5. The van der Waals surface area contributed by atoms with Gasteiger partial charge in [0.25, 0.3) is 0 Å². The second kappa shape index (κ2) is 9.70. The Balaban J connectivity index is 1.56. The van der Waals surface area contributed by atoms with Gasteiger partial charge in [-0.15, -0.1) is 11.6 Å². The van der Waals surface area contributed by atoms with Crippen molar-refractivity contribution in [2.45, 2.75) is 44.7 Å². The van der Waals surface area contributed by atoms with E-state index in [2.05, 4.69) is 4.98 Å². The molecular formula is C25H29ClF2N4O3. The third kappa shape index (κ3) is 5.11. The molecule has 4 rings (SSSR count). The van der Waals surface area contributed by atoms with Crippen LogP contribution in [0.2, 0.25) is 0 Å². The molecule has 1 N–H and O–H groups in total. The van der Waals surface area contributed by atoms with E-state index in [1.807, 2.05) is 25.7 Å². The van der Waals surface area contributed by atoms with Crippen LogP contribution in [-0.2, 0) is 16.6 Å². The molecule has 7 nitrogen and oxygen atoms in total. The number of hydrogen-bond acceptors (Lipinski definition) is 4. The number of benzene rings is 1. The van der Waals surface area contributed by atoms with Crippen LogP contribution in [0.3, 0.4) is 0 Å². The van der Waals surface area contributed by atoms with E-state index in [0.717, 1.165) is 17.3 Å². The zero-order valence-electron chi connectivity index (χ0n) is 20.0. The number of fused-ring (bicyclic) bond motifs is 1. The average molecular weight is 507 g/mol. The first-order valence-electron chi connectivity index (χ1n) is 11.5. The van der Waals surface area contributed by atoms with E-state index in [0.29, 0.717) is 24.3 Å². The molecule has 0 aliphatic carbocycles. The Morgan fingerprint density at radius 2 is 1.97 bits per heavy atom. The van der Waals surface area contributed by atoms with Gasteiger partial charge < -0.3 is 14.9 Å². The van der Waals surface area contributed by atoms with Crippen LogP contribution in [0.4, 0.5) is 19.3 Å². The van der Waals surface area contributed by atoms with Gasteiger partial charge in [0, 0.05) is 73.0 Å². The number of nitrogens with zero attached hydrogens (tertiary/aromatic N) is 4. The molecule has 2 atom stereocenters. The Labute approximate surface area is 208 Å². The average Bonchev–Trinajstić information content (AvgIpc) is 3.06. The maximum absolute atomic E-state index is 14.2. The quantitative estimate of drug-likeness (QED) is 0.623. The molecule has 0 bridgehead atoms. The highest BCUT2D eigenvalue weighted by atomic mass is 35.5. The number of aromatic nitrogens is 1. The van der Waals surface area contributed by atoms with Crippen molar-refractivity contribution in [3.8, 4) is 0 Å². The molecule has 0 unspecified atom stereocenters. The summed E-state index contributed by atoms with van der Waals surface area (Å²) in [5, 5.41) is 9.43. The molecule has 2 amide bonds. The van der Waals surface area contributed by atoms with Crippen molar-refractivity contribution >= 4 is 29.3 Å². The van der Waals surface area contributed by atoms with E-state index in [-0.39, 0.29) is 48.8 Å². The van der Waals surface area contributed by atoms with Crippen LogP contribution in [-0.4, -0.2) is 76.0 Å². The number of rotatable bonds is 5. The Bertz CT molecular complexity index is 1150. The summed E-state index contributed by atoms with van der Waals surface area (Å²) in [6.07, 6.45) is 0.908. The number of alkyl halides is 1. The van der Waals surface area contributed by atoms with Gasteiger partial charge >= 0.3 is 6.09 Å². The van der Waals surface area contributed by atoms with Gasteiger partial charge in [-0.25, -0.2) is 13.6 Å². The van der Waals surface area contributed by atoms with Gasteiger partial charge in [0.15, 0.2) is 0 Å². The standard InChI is InChI=1S/C25H29ClF2N4O3/c1-15-11-30(19(9-26)12-31(15)24(34)35)13-23(33)32-14-25(2,3)20-10-29-18(8-22(20)32)6-16-4-5-17(27)7-21(16)28/h4-5,7-8,10,15,19H,6,9,11-14H2,1-3H3,(H,34,35)/t15-,19+/m1/s1. The number of amides is 2. The molecule has 35 heavy (non-hydrogen) atoms. The maximum atomic E-state index is 14.2. The molecule has 1 aromatic carbocycles. The first kappa shape index (κ1) is 25.3. The molecular weight excluding hydrogens is 478 g/mol. The van der Waals surface area contributed by atoms with Gasteiger partial charge in [-0.1, -0.05) is 19.9 Å². The number of carboxylic acid groups (broad SMARTS) is 1. The summed E-state index contributed by atoms with van der Waals surface area (Å²) in [6, 6.07) is 4.73. The number of pyridine rings is 1. The van der Waals surface area contributed by atoms with E-state index < -0.39 is 17.7 Å². The first-order valence-corrected chi connectivity index (χ1v) is 12.1. The molecule has 1 saturated heterocycles. The van der Waals surface area contributed by atoms with Crippen LogP contribution in [0.25, 0.3) is 0 Å². The van der Waals surface area contributed by atoms with Crippen molar-refractivity contribution in [3.63, 3.8) is 0 Å². The number of carbonyl (C=O) groups excluding carboxylic acids is 1. The van der Waals surface area contributed by atoms with Gasteiger partial charge in [0.1, 0.15) is 11.6 Å². The van der Waals surface area contributed by atoms with Crippen molar-refractivity contribution in [2.24, 2.45) is 0 Å². The minimum absolute atomic E-state index is 0.106. The number of anilines is 1. The summed E-state index contributed by atoms with van der Waals surface area (Å²) in [5.41, 5.74) is 2.23. The fraction of sp³-hybridized carbons (Fsp3) is 0.480. The monoisotopic (exact) mass is 506 g/mol. The predicted molar refractivity (Wildman–Crippen MR) is 129 cm³/mol. The molecule has 3 heterocycles. The Morgan fingerprint density at radius 1 is 1.23 bits per heavy atom. The normalized spacial score (nSPS) is 21.8. The van der Waals surface area contributed by atoms with Crippen LogP contribution in [0, 0.1) is 11.6 Å². The van der Waals surface area contributed by atoms with E-state index >= 15 is 0 Å². The molecule has 2 aliphatic rings. The van der Waals surface area contributed by atoms with Crippen LogP contribution in [0.5, 0.6) is 0 Å². The lowest BCUT2D eigenvalue weighted by atomic mass is 9.88. The summed E-state index contributed by atoms with van der Waals surface area (Å²) in [6.45, 7) is 7.11. The Kier molecular flexibility index (Phi) is 7.02. The highest BCUT2D eigenvalue weighted by molar-refractivity contribution is 6.18. The summed E-state index contributed by atoms with van der Waals surface area (Å²) < 4.78 is 27.5. The van der Waals surface area contributed by atoms with Crippen LogP contribution in [0.15, 0.2) is 30.5 Å². The maximum Gasteiger partial charge on any atom is 0.407 e. The number of piperazine rings is 1. The lowest BCUT2D eigenvalue weighted by Gasteiger charge is -2.43. The fourth-order valence-electron chi connectivity index (χ4n) is 4.95. The second-order valence-electron chi connectivity index (χ2n) is 9.99. The third-order valence-corrected chi connectivity index (χ3v) is 7.27. The lowest BCUT2D eigenvalue weighted by Crippen LogP contribution is -2.61. The zero-order valence-corrected chi connectivity index (χ0v) is 20.7. The van der Waals surface area contributed by atoms with Gasteiger partial charge in [0.2, 0.25) is 5.91 Å². The van der Waals surface area contributed by atoms with E-state index in [4.69, 9.17) is 11.6 Å². The number of halogens is 3. The molecule has 0 radical (unpaired) electrons. The Hall–Kier alpha value is -2.78. The molecule has 0 saturated carbocycles. The minimum atomic E-state index is -0.994. The summed E-state index contributed by atoms with van der Waals surface area (Å²) in [7, 11) is 0. The highest BCUT2D eigenvalue weighted by Gasteiger charge is 2.41. The summed E-state index contributed by atoms with van der Waals surface area (Å²) >= 11 is 6.13. The fourth-order valence-corrected chi connectivity index (χ4v) is 5.24. The topological polar surface area (TPSA) is 77.0 Å². The molecule has 2 aromatic rings. The van der Waals surface area contributed by atoms with E-state index in [9.17, 15) is 23.5 Å². The van der Waals surface area contributed by atoms with E-state index in [1.165, 1.54) is 17.0 Å². The minimum Gasteiger partial charge on any atom is -0.465 e. The Morgan fingerprint density at radius 3 is 2.63 bits per heavy atom. The smallest absolute Gasteiger partial charge is 0.407 e. The molecule has 1 aromatic heterocycles. The van der Waals surface area contributed by atoms with Crippen LogP contribution < -0.4 is 4.90 Å². The van der Waals surface area contributed by atoms with Gasteiger partial charge in [-0.2, -0.15) is 0 Å². The molecule has 1 fully saturated rings. The summed E-state index contributed by atoms with van der Waals surface area (Å²) in [5.74, 6) is -1.18. The van der Waals surface area contributed by atoms with Crippen molar-refractivity contribution in [1.29, 1.82) is 0 Å². The lowest BCUT2D eigenvalue weighted by molar-refractivity contribution is -0.121. The van der Waals surface area contributed by atoms with Gasteiger partial charge in [0.05, 0.1) is 12.2 Å². The predicted octanol–water partition coefficient (Wildman–Crippen LogP) is 3.87. The van der Waals surface area contributed by atoms with E-state index in [1.54, 1.807) is 17.2 Å². The summed E-state index contributed by atoms with van der Waals surface area (Å²) in [4.78, 5) is 34.5. The van der Waals surface area contributed by atoms with Crippen molar-refractivity contribution in [1.82, 2.24) is 14.8 Å². The van der Waals surface area contributed by atoms with Crippen molar-refractivity contribution in [2.75, 3.05) is 37.0 Å². The van der Waals surface area contributed by atoms with Crippen LogP contribution in [0.1, 0.15) is 37.6 Å². The molecule has 2 aliphatic heterocycles. The molecule has 0 spiro atoms. The highest BCUT2D eigenvalue weighted by Crippen LogP contribution is 2.40. The van der Waals surface area contributed by atoms with Crippen molar-refractivity contribution in [3.05, 3.63) is 58.9 Å². The zero-order chi connectivity index (χ0) is 25.5. The number of carbonyl (C=O) groups is 2. The van der Waals surface area contributed by atoms with Gasteiger partial charge in [-0.3, -0.25) is 14.7 Å². The molecule has 10 heteroatoms. The van der Waals surface area contributed by atoms with Gasteiger partial charge in [-0.05, 0) is 24.6 Å². The third-order valence-electron chi connectivity index (χ3n) is 6.92. The second-order valence-corrected chi connectivity index (χ2v) is 10.3. The van der Waals surface area contributed by atoms with Crippen LogP contribution >= 0.6 is 11.6 Å². The molecule has 188 valence electrons. The number of hydrogen-bond donors (Lipinski definition) is 1. The SMILES string of the molecule is C[C@@H]1CN(CC(=O)N2CC(C)(C)c3cnc(Cc4ccc(F)cc4F)cc32)[C@@H](CCl)CN1C(=O)O. The van der Waals surface area contributed by atoms with Crippen molar-refractivity contribution < 1.29 is 23.5 Å².